The van der Waals surface area contributed by atoms with Crippen molar-refractivity contribution < 1.29 is 19.1 Å². The van der Waals surface area contributed by atoms with Gasteiger partial charge in [0.25, 0.3) is 5.91 Å². The second-order valence-corrected chi connectivity index (χ2v) is 5.32. The Balaban J connectivity index is 1.99. The third-order valence-electron chi connectivity index (χ3n) is 3.57. The normalized spacial score (nSPS) is 11.5. The van der Waals surface area contributed by atoms with Gasteiger partial charge in [-0.05, 0) is 49.2 Å². The van der Waals surface area contributed by atoms with Crippen molar-refractivity contribution in [2.24, 2.45) is 0 Å². The van der Waals surface area contributed by atoms with Crippen LogP contribution in [0.2, 0.25) is 0 Å². The lowest BCUT2D eigenvalue weighted by atomic mass is 10.1. The van der Waals surface area contributed by atoms with Gasteiger partial charge in [-0.25, -0.2) is 4.79 Å². The summed E-state index contributed by atoms with van der Waals surface area (Å²) in [6.45, 7) is 3.73. The minimum absolute atomic E-state index is 0.261. The molecule has 0 fully saturated rings. The summed E-state index contributed by atoms with van der Waals surface area (Å²) in [5, 5.41) is 2.81. The second kappa shape index (κ2) is 8.15. The van der Waals surface area contributed by atoms with E-state index in [2.05, 4.69) is 17.0 Å². The number of methoxy groups -OCH3 is 1. The average molecular weight is 327 g/mol. The van der Waals surface area contributed by atoms with Crippen molar-refractivity contribution in [2.75, 3.05) is 12.4 Å². The fourth-order valence-corrected chi connectivity index (χ4v) is 2.14. The van der Waals surface area contributed by atoms with Crippen LogP contribution in [0.25, 0.3) is 0 Å². The Morgan fingerprint density at radius 2 is 1.83 bits per heavy atom. The molecule has 126 valence electrons. The van der Waals surface area contributed by atoms with Crippen LogP contribution in [0.3, 0.4) is 0 Å². The molecule has 0 saturated carbocycles. The first-order valence-corrected chi connectivity index (χ1v) is 7.78. The molecule has 1 amide bonds. The molecule has 0 aromatic heterocycles. The predicted molar refractivity (Wildman–Crippen MR) is 92.3 cm³/mol. The number of amides is 1. The molecule has 0 unspecified atom stereocenters. The van der Waals surface area contributed by atoms with Crippen molar-refractivity contribution in [3.8, 4) is 5.75 Å². The van der Waals surface area contributed by atoms with Gasteiger partial charge in [0, 0.05) is 5.69 Å². The van der Waals surface area contributed by atoms with E-state index in [9.17, 15) is 9.59 Å². The highest BCUT2D eigenvalue weighted by Crippen LogP contribution is 2.17. The quantitative estimate of drug-likeness (QED) is 0.826. The third kappa shape index (κ3) is 4.59. The number of anilines is 1. The number of esters is 1. The molecule has 0 heterocycles. The third-order valence-corrected chi connectivity index (χ3v) is 3.57. The highest BCUT2D eigenvalue weighted by Gasteiger charge is 2.16. The Labute approximate surface area is 141 Å². The van der Waals surface area contributed by atoms with E-state index in [0.29, 0.717) is 11.3 Å². The lowest BCUT2D eigenvalue weighted by molar-refractivity contribution is -0.122. The Kier molecular flexibility index (Phi) is 5.95. The van der Waals surface area contributed by atoms with Crippen LogP contribution in [-0.4, -0.2) is 25.1 Å². The molecular weight excluding hydrogens is 306 g/mol. The van der Waals surface area contributed by atoms with Gasteiger partial charge in [-0.2, -0.15) is 0 Å². The SMILES string of the molecule is CCc1ccc(NC(=O)[C@@H](C)Oc2cccc(C(=O)OC)c2)cc1. The van der Waals surface area contributed by atoms with Gasteiger partial charge in [0.1, 0.15) is 5.75 Å². The summed E-state index contributed by atoms with van der Waals surface area (Å²) in [5.74, 6) is -0.279. The summed E-state index contributed by atoms with van der Waals surface area (Å²) < 4.78 is 10.3. The van der Waals surface area contributed by atoms with E-state index in [1.54, 1.807) is 31.2 Å². The van der Waals surface area contributed by atoms with Crippen molar-refractivity contribution in [1.29, 1.82) is 0 Å². The zero-order valence-corrected chi connectivity index (χ0v) is 14.0. The summed E-state index contributed by atoms with van der Waals surface area (Å²) in [4.78, 5) is 23.7. The fraction of sp³-hybridized carbons (Fsp3) is 0.263. The van der Waals surface area contributed by atoms with E-state index in [1.807, 2.05) is 24.3 Å². The lowest BCUT2D eigenvalue weighted by Crippen LogP contribution is -2.30. The Hall–Kier alpha value is -2.82. The Morgan fingerprint density at radius 3 is 2.46 bits per heavy atom. The average Bonchev–Trinajstić information content (AvgIpc) is 2.61. The predicted octanol–water partition coefficient (Wildman–Crippen LogP) is 3.44. The van der Waals surface area contributed by atoms with Gasteiger partial charge in [0.2, 0.25) is 0 Å². The monoisotopic (exact) mass is 327 g/mol. The molecule has 0 aliphatic rings. The van der Waals surface area contributed by atoms with E-state index in [4.69, 9.17) is 4.74 Å². The van der Waals surface area contributed by atoms with Gasteiger partial charge < -0.3 is 14.8 Å². The van der Waals surface area contributed by atoms with Crippen molar-refractivity contribution in [1.82, 2.24) is 0 Å². The Morgan fingerprint density at radius 1 is 1.12 bits per heavy atom. The van der Waals surface area contributed by atoms with Crippen LogP contribution in [0.4, 0.5) is 5.69 Å². The number of aryl methyl sites for hydroxylation is 1. The van der Waals surface area contributed by atoms with Crippen LogP contribution >= 0.6 is 0 Å². The highest BCUT2D eigenvalue weighted by atomic mass is 16.5. The summed E-state index contributed by atoms with van der Waals surface area (Å²) >= 11 is 0. The highest BCUT2D eigenvalue weighted by molar-refractivity contribution is 5.94. The molecule has 0 aliphatic carbocycles. The molecule has 2 rings (SSSR count). The van der Waals surface area contributed by atoms with Crippen LogP contribution in [0.15, 0.2) is 48.5 Å². The fourth-order valence-electron chi connectivity index (χ4n) is 2.14. The van der Waals surface area contributed by atoms with Crippen LogP contribution in [0, 0.1) is 0 Å². The number of carbonyl (C=O) groups excluding carboxylic acids is 2. The second-order valence-electron chi connectivity index (χ2n) is 5.32. The lowest BCUT2D eigenvalue weighted by Gasteiger charge is -2.15. The number of carbonyl (C=O) groups is 2. The molecule has 2 aromatic carbocycles. The summed E-state index contributed by atoms with van der Waals surface area (Å²) in [7, 11) is 1.32. The number of hydrogen-bond acceptors (Lipinski definition) is 4. The zero-order chi connectivity index (χ0) is 17.5. The summed E-state index contributed by atoms with van der Waals surface area (Å²) in [5.41, 5.74) is 2.30. The molecule has 5 heteroatoms. The first-order valence-electron chi connectivity index (χ1n) is 7.78. The largest absolute Gasteiger partial charge is 0.481 e. The number of nitrogens with one attached hydrogen (secondary N) is 1. The van der Waals surface area contributed by atoms with Crippen molar-refractivity contribution in [2.45, 2.75) is 26.4 Å². The maximum Gasteiger partial charge on any atom is 0.337 e. The zero-order valence-electron chi connectivity index (χ0n) is 14.0. The van der Waals surface area contributed by atoms with Gasteiger partial charge in [0.15, 0.2) is 6.10 Å². The van der Waals surface area contributed by atoms with E-state index in [0.717, 1.165) is 12.1 Å². The molecule has 0 aliphatic heterocycles. The minimum Gasteiger partial charge on any atom is -0.481 e. The minimum atomic E-state index is -0.705. The van der Waals surface area contributed by atoms with E-state index in [1.165, 1.54) is 12.7 Å². The van der Waals surface area contributed by atoms with Crippen molar-refractivity contribution in [3.05, 3.63) is 59.7 Å². The summed E-state index contributed by atoms with van der Waals surface area (Å²) in [6, 6.07) is 14.2. The summed E-state index contributed by atoms with van der Waals surface area (Å²) in [6.07, 6.45) is 0.244. The molecule has 24 heavy (non-hydrogen) atoms. The molecule has 0 radical (unpaired) electrons. The van der Waals surface area contributed by atoms with Gasteiger partial charge in [-0.3, -0.25) is 4.79 Å². The number of rotatable bonds is 6. The van der Waals surface area contributed by atoms with Gasteiger partial charge in [0.05, 0.1) is 12.7 Å². The maximum absolute atomic E-state index is 12.2. The van der Waals surface area contributed by atoms with Crippen LogP contribution in [0.1, 0.15) is 29.8 Å². The van der Waals surface area contributed by atoms with E-state index in [-0.39, 0.29) is 5.91 Å². The van der Waals surface area contributed by atoms with Gasteiger partial charge in [-0.15, -0.1) is 0 Å². The topological polar surface area (TPSA) is 64.6 Å². The van der Waals surface area contributed by atoms with Crippen LogP contribution < -0.4 is 10.1 Å². The molecule has 0 bridgehead atoms. The molecule has 0 saturated heterocycles. The number of ether oxygens (including phenoxy) is 2. The maximum atomic E-state index is 12.2. The first-order chi connectivity index (χ1) is 11.5. The Bertz CT molecular complexity index is 710. The smallest absolute Gasteiger partial charge is 0.337 e. The molecule has 5 nitrogen and oxygen atoms in total. The van der Waals surface area contributed by atoms with E-state index < -0.39 is 12.1 Å². The van der Waals surface area contributed by atoms with Crippen LogP contribution in [0.5, 0.6) is 5.75 Å². The number of benzene rings is 2. The number of hydrogen-bond donors (Lipinski definition) is 1. The van der Waals surface area contributed by atoms with Crippen molar-refractivity contribution >= 4 is 17.6 Å². The molecule has 1 atom stereocenters. The van der Waals surface area contributed by atoms with Crippen LogP contribution in [-0.2, 0) is 16.0 Å². The first kappa shape index (κ1) is 17.5. The van der Waals surface area contributed by atoms with E-state index >= 15 is 0 Å². The van der Waals surface area contributed by atoms with Gasteiger partial charge >= 0.3 is 5.97 Å². The molecule has 1 N–H and O–H groups in total. The standard InChI is InChI=1S/C19H21NO4/c1-4-14-8-10-16(11-9-14)20-18(21)13(2)24-17-7-5-6-15(12-17)19(22)23-3/h5-13H,4H2,1-3H3,(H,20,21)/t13-/m1/s1. The molecule has 0 spiro atoms. The molecular formula is C19H21NO4. The van der Waals surface area contributed by atoms with Gasteiger partial charge in [-0.1, -0.05) is 25.1 Å². The van der Waals surface area contributed by atoms with Crippen molar-refractivity contribution in [3.63, 3.8) is 0 Å². The molecule has 2 aromatic rings.